The van der Waals surface area contributed by atoms with Crippen LogP contribution in [0.3, 0.4) is 0 Å². The quantitative estimate of drug-likeness (QED) is 0.130. The van der Waals surface area contributed by atoms with Crippen molar-refractivity contribution in [3.63, 3.8) is 0 Å². The van der Waals surface area contributed by atoms with E-state index in [4.69, 9.17) is 5.26 Å². The van der Waals surface area contributed by atoms with Crippen molar-refractivity contribution in [3.05, 3.63) is 0 Å². The van der Waals surface area contributed by atoms with Gasteiger partial charge in [0.05, 0.1) is 0 Å². The van der Waals surface area contributed by atoms with Crippen LogP contribution in [0.15, 0.2) is 4.99 Å². The van der Waals surface area contributed by atoms with Gasteiger partial charge in [0.15, 0.2) is 0 Å². The van der Waals surface area contributed by atoms with Gasteiger partial charge in [-0.05, 0) is 10.6 Å². The van der Waals surface area contributed by atoms with Crippen molar-refractivity contribution in [2.45, 2.75) is 0 Å². The predicted octanol–water partition coefficient (Wildman–Crippen LogP) is -2.26. The zero-order chi connectivity index (χ0) is 5.70. The second-order valence-electron chi connectivity index (χ2n) is 0.682. The number of nitrogens with zero attached hydrogens (tertiary/aromatic N) is 2. The molecule has 0 N–H and O–H groups in total. The number of aliphatic imine (C=N–C) groups is 1. The van der Waals surface area contributed by atoms with E-state index in [0.717, 1.165) is 0 Å². The van der Waals surface area contributed by atoms with E-state index in [1.165, 1.54) is 11.8 Å². The molecule has 0 heterocycles. The normalized spacial score (nSPS) is 9.25. The zero-order valence-corrected chi connectivity index (χ0v) is 8.34. The second kappa shape index (κ2) is 7.73. The van der Waals surface area contributed by atoms with Gasteiger partial charge in [0.25, 0.3) is 0 Å². The molecule has 0 radical (unpaired) electrons. The zero-order valence-electron chi connectivity index (χ0n) is 4.71. The van der Waals surface area contributed by atoms with E-state index in [-0.39, 0.29) is 29.6 Å². The molecule has 0 unspecified atom stereocenters. The molecule has 0 saturated heterocycles. The monoisotopic (exact) mass is 154 g/mol. The van der Waals surface area contributed by atoms with Gasteiger partial charge in [-0.15, -0.1) is 11.8 Å². The Morgan fingerprint density at radius 2 is 2.38 bits per heavy atom. The maximum atomic E-state index is 7.85. The molecule has 0 aliphatic carbocycles. The van der Waals surface area contributed by atoms with Crippen LogP contribution in [-0.2, 0) is 12.6 Å². The topological polar surface area (TPSA) is 36.1 Å². The molecule has 0 aliphatic rings. The van der Waals surface area contributed by atoms with Gasteiger partial charge in [0, 0.05) is 0 Å². The van der Waals surface area contributed by atoms with Gasteiger partial charge in [-0.2, -0.15) is 10.3 Å². The molecule has 0 bridgehead atoms. The molecule has 2 nitrogen and oxygen atoms in total. The average molecular weight is 154 g/mol. The number of hydrogen-bond donors (Lipinski definition) is 0. The van der Waals surface area contributed by atoms with E-state index in [2.05, 4.69) is 17.6 Å². The maximum absolute atomic E-state index is 7.85. The molecule has 5 heteroatoms. The first-order chi connectivity index (χ1) is 3.31. The van der Waals surface area contributed by atoms with Crippen molar-refractivity contribution < 1.29 is 29.6 Å². The van der Waals surface area contributed by atoms with Gasteiger partial charge >= 0.3 is 29.6 Å². The van der Waals surface area contributed by atoms with E-state index >= 15 is 0 Å². The summed E-state index contributed by atoms with van der Waals surface area (Å²) in [7, 11) is 0. The molecule has 0 atom stereocenters. The first-order valence-electron chi connectivity index (χ1n) is 1.49. The van der Waals surface area contributed by atoms with E-state index in [9.17, 15) is 0 Å². The first-order valence-corrected chi connectivity index (χ1v) is 3.12. The van der Waals surface area contributed by atoms with Crippen molar-refractivity contribution in [2.24, 2.45) is 4.99 Å². The smallest absolute Gasteiger partial charge is 0.752 e. The van der Waals surface area contributed by atoms with Gasteiger partial charge in [-0.1, -0.05) is 0 Å². The molecule has 38 valence electrons. The van der Waals surface area contributed by atoms with Gasteiger partial charge in [0.2, 0.25) is 6.19 Å². The van der Waals surface area contributed by atoms with Crippen molar-refractivity contribution in [3.8, 4) is 6.19 Å². The standard InChI is InChI=1S/C3H4N2S2.Na/c1-7-3(6)5-2-4;/h1H3,(H,5,6);/q;+1/p-1. The minimum atomic E-state index is 0. The summed E-state index contributed by atoms with van der Waals surface area (Å²) in [5.41, 5.74) is 0. The number of hydrogen-bond acceptors (Lipinski definition) is 4. The largest absolute Gasteiger partial charge is 1.00 e. The first kappa shape index (κ1) is 11.5. The van der Waals surface area contributed by atoms with Gasteiger partial charge in [0.1, 0.15) is 0 Å². The average Bonchev–Trinajstić information content (AvgIpc) is 1.68. The van der Waals surface area contributed by atoms with Crippen molar-refractivity contribution >= 4 is 28.8 Å². The molecule has 0 spiro atoms. The predicted molar refractivity (Wildman–Crippen MR) is 33.9 cm³/mol. The van der Waals surface area contributed by atoms with Crippen LogP contribution in [0.1, 0.15) is 0 Å². The molecule has 0 rings (SSSR count). The van der Waals surface area contributed by atoms with Crippen LogP contribution in [0, 0.1) is 11.5 Å². The minimum Gasteiger partial charge on any atom is -0.752 e. The molecular weight excluding hydrogens is 151 g/mol. The summed E-state index contributed by atoms with van der Waals surface area (Å²) >= 11 is 5.82. The third kappa shape index (κ3) is 6.73. The minimum absolute atomic E-state index is 0. The fourth-order valence-corrected chi connectivity index (χ4v) is 0.259. The van der Waals surface area contributed by atoms with Crippen molar-refractivity contribution in [1.82, 2.24) is 0 Å². The molecule has 0 aromatic carbocycles. The Morgan fingerprint density at radius 3 is 2.50 bits per heavy atom. The third-order valence-electron chi connectivity index (χ3n) is 0.316. The van der Waals surface area contributed by atoms with E-state index in [1.54, 1.807) is 12.4 Å². The van der Waals surface area contributed by atoms with E-state index < -0.39 is 0 Å². The van der Waals surface area contributed by atoms with Crippen molar-refractivity contribution in [2.75, 3.05) is 6.26 Å². The number of thioether (sulfide) groups is 1. The van der Waals surface area contributed by atoms with Gasteiger partial charge in [-0.3, -0.25) is 0 Å². The Morgan fingerprint density at radius 1 is 1.88 bits per heavy atom. The summed E-state index contributed by atoms with van der Waals surface area (Å²) in [4.78, 5) is 3.24. The van der Waals surface area contributed by atoms with Crippen LogP contribution in [-0.4, -0.2) is 10.6 Å². The fraction of sp³-hybridized carbons (Fsp3) is 0.333. The summed E-state index contributed by atoms with van der Waals surface area (Å²) in [5, 5.41) is 7.85. The third-order valence-corrected chi connectivity index (χ3v) is 1.35. The van der Waals surface area contributed by atoms with Crippen LogP contribution in [0.5, 0.6) is 0 Å². The SMILES string of the molecule is CSC([S-])=NC#N.[Na+]. The number of nitriles is 1. The molecule has 0 aromatic heterocycles. The van der Waals surface area contributed by atoms with E-state index in [1.807, 2.05) is 0 Å². The summed E-state index contributed by atoms with van der Waals surface area (Å²) in [6, 6.07) is 0. The van der Waals surface area contributed by atoms with Crippen molar-refractivity contribution in [1.29, 1.82) is 5.26 Å². The Kier molecular flexibility index (Phi) is 11.1. The van der Waals surface area contributed by atoms with E-state index in [0.29, 0.717) is 4.38 Å². The van der Waals surface area contributed by atoms with Crippen LogP contribution >= 0.6 is 11.8 Å². The summed E-state index contributed by atoms with van der Waals surface area (Å²) in [6.45, 7) is 0. The molecule has 0 aliphatic heterocycles. The van der Waals surface area contributed by atoms with Crippen LogP contribution in [0.25, 0.3) is 0 Å². The van der Waals surface area contributed by atoms with Gasteiger partial charge < -0.3 is 12.6 Å². The number of rotatable bonds is 0. The Labute approximate surface area is 80.4 Å². The van der Waals surface area contributed by atoms with Gasteiger partial charge in [-0.25, -0.2) is 0 Å². The Bertz CT molecular complexity index is 117. The molecule has 0 amide bonds. The summed E-state index contributed by atoms with van der Waals surface area (Å²) < 4.78 is 0.391. The summed E-state index contributed by atoms with van der Waals surface area (Å²) in [5.74, 6) is 0. The Balaban J connectivity index is 0. The van der Waals surface area contributed by atoms with Crippen LogP contribution < -0.4 is 29.6 Å². The maximum Gasteiger partial charge on any atom is 1.00 e. The molecule has 0 saturated carbocycles. The van der Waals surface area contributed by atoms with Crippen LogP contribution in [0.4, 0.5) is 0 Å². The van der Waals surface area contributed by atoms with Crippen LogP contribution in [0.2, 0.25) is 0 Å². The Hall–Kier alpha value is 0.730. The molecular formula is C3H3N2NaS2. The molecule has 0 fully saturated rings. The molecule has 8 heavy (non-hydrogen) atoms. The second-order valence-corrected chi connectivity index (χ2v) is 2.12. The fourth-order valence-electron chi connectivity index (χ4n) is 0.0865. The summed E-state index contributed by atoms with van der Waals surface area (Å²) in [6.07, 6.45) is 3.36. The molecule has 0 aromatic rings.